The van der Waals surface area contributed by atoms with Gasteiger partial charge in [0.2, 0.25) is 0 Å². The fourth-order valence-corrected chi connectivity index (χ4v) is 3.12. The van der Waals surface area contributed by atoms with Crippen molar-refractivity contribution in [1.82, 2.24) is 4.98 Å². The van der Waals surface area contributed by atoms with Crippen LogP contribution in [0.25, 0.3) is 0 Å². The molecule has 0 aliphatic heterocycles. The first-order valence-corrected chi connectivity index (χ1v) is 11.8. The van der Waals surface area contributed by atoms with Crippen molar-refractivity contribution in [2.45, 2.75) is 24.5 Å². The van der Waals surface area contributed by atoms with Crippen LogP contribution in [-0.2, 0) is 10.0 Å². The molecule has 22 heavy (non-hydrogen) atoms. The van der Waals surface area contributed by atoms with Crippen molar-refractivity contribution in [2.75, 3.05) is 4.72 Å². The number of rotatable bonds is 3. The summed E-state index contributed by atoms with van der Waals surface area (Å²) in [5.74, 6) is 3.39. The van der Waals surface area contributed by atoms with Crippen molar-refractivity contribution in [3.05, 3.63) is 54.2 Å². The lowest BCUT2D eigenvalue weighted by atomic mass is 10.2. The number of pyridine rings is 1. The molecule has 0 saturated carbocycles. The van der Waals surface area contributed by atoms with Gasteiger partial charge in [-0.1, -0.05) is 31.6 Å². The van der Waals surface area contributed by atoms with Gasteiger partial charge in [0.1, 0.15) is 13.9 Å². The molecule has 0 radical (unpaired) electrons. The molecule has 1 aromatic heterocycles. The Balaban J connectivity index is 2.20. The minimum atomic E-state index is -3.63. The third-order valence-electron chi connectivity index (χ3n) is 2.65. The third-order valence-corrected chi connectivity index (χ3v) is 4.90. The fourth-order valence-electron chi connectivity index (χ4n) is 1.60. The van der Waals surface area contributed by atoms with Gasteiger partial charge in [-0.05, 0) is 36.4 Å². The standard InChI is InChI=1S/C16H18N2O2SSi/c1-22(2,3)13-11-14-7-9-15(10-8-14)21(19,20)18-16-6-4-5-12-17-16/h4-10,12H,1-3H3,(H,17,18). The highest BCUT2D eigenvalue weighted by molar-refractivity contribution is 7.92. The molecule has 0 unspecified atom stereocenters. The van der Waals surface area contributed by atoms with E-state index < -0.39 is 18.1 Å². The van der Waals surface area contributed by atoms with Gasteiger partial charge in [-0.15, -0.1) is 5.54 Å². The van der Waals surface area contributed by atoms with Gasteiger partial charge < -0.3 is 0 Å². The molecule has 1 aromatic carbocycles. The van der Waals surface area contributed by atoms with Crippen LogP contribution < -0.4 is 4.72 Å². The maximum Gasteiger partial charge on any atom is 0.263 e. The number of sulfonamides is 1. The Kier molecular flexibility index (Phi) is 4.69. The average molecular weight is 330 g/mol. The van der Waals surface area contributed by atoms with E-state index in [1.165, 1.54) is 6.20 Å². The number of anilines is 1. The zero-order chi connectivity index (χ0) is 16.2. The highest BCUT2D eigenvalue weighted by Crippen LogP contribution is 2.14. The Morgan fingerprint density at radius 3 is 2.27 bits per heavy atom. The summed E-state index contributed by atoms with van der Waals surface area (Å²) in [6.07, 6.45) is 1.53. The van der Waals surface area contributed by atoms with Crippen LogP contribution in [-0.4, -0.2) is 21.5 Å². The smallest absolute Gasteiger partial charge is 0.263 e. The van der Waals surface area contributed by atoms with E-state index in [0.717, 1.165) is 5.56 Å². The third kappa shape index (κ3) is 4.72. The highest BCUT2D eigenvalue weighted by atomic mass is 32.2. The number of hydrogen-bond acceptors (Lipinski definition) is 3. The van der Waals surface area contributed by atoms with E-state index in [-0.39, 0.29) is 4.90 Å². The van der Waals surface area contributed by atoms with Crippen molar-refractivity contribution in [3.63, 3.8) is 0 Å². The van der Waals surface area contributed by atoms with Gasteiger partial charge in [0.15, 0.2) is 0 Å². The predicted molar refractivity (Wildman–Crippen MR) is 91.7 cm³/mol. The second-order valence-corrected chi connectivity index (χ2v) is 12.3. The van der Waals surface area contributed by atoms with E-state index in [1.54, 1.807) is 42.5 Å². The van der Waals surface area contributed by atoms with E-state index >= 15 is 0 Å². The zero-order valence-corrected chi connectivity index (χ0v) is 14.6. The molecule has 6 heteroatoms. The van der Waals surface area contributed by atoms with Crippen molar-refractivity contribution >= 4 is 23.9 Å². The highest BCUT2D eigenvalue weighted by Gasteiger charge is 2.14. The van der Waals surface area contributed by atoms with E-state index in [4.69, 9.17) is 0 Å². The molecule has 0 atom stereocenters. The normalized spacial score (nSPS) is 11.4. The predicted octanol–water partition coefficient (Wildman–Crippen LogP) is 3.11. The number of aromatic nitrogens is 1. The van der Waals surface area contributed by atoms with Gasteiger partial charge in [0.25, 0.3) is 10.0 Å². The van der Waals surface area contributed by atoms with Gasteiger partial charge >= 0.3 is 0 Å². The van der Waals surface area contributed by atoms with Gasteiger partial charge in [-0.3, -0.25) is 4.72 Å². The second-order valence-electron chi connectivity index (χ2n) is 5.84. The monoisotopic (exact) mass is 330 g/mol. The van der Waals surface area contributed by atoms with Crippen LogP contribution >= 0.6 is 0 Å². The van der Waals surface area contributed by atoms with Gasteiger partial charge in [0.05, 0.1) is 4.90 Å². The van der Waals surface area contributed by atoms with Crippen LogP contribution in [0.1, 0.15) is 5.56 Å². The largest absolute Gasteiger partial charge is 0.263 e. The molecular weight excluding hydrogens is 312 g/mol. The van der Waals surface area contributed by atoms with Gasteiger partial charge in [-0.2, -0.15) is 0 Å². The van der Waals surface area contributed by atoms with Crippen molar-refractivity contribution in [1.29, 1.82) is 0 Å². The van der Waals surface area contributed by atoms with Crippen LogP contribution in [0.2, 0.25) is 19.6 Å². The summed E-state index contributed by atoms with van der Waals surface area (Å²) < 4.78 is 26.9. The second kappa shape index (κ2) is 6.34. The quantitative estimate of drug-likeness (QED) is 0.695. The lowest BCUT2D eigenvalue weighted by molar-refractivity contribution is 0.601. The Hall–Kier alpha value is -2.10. The Morgan fingerprint density at radius 2 is 1.73 bits per heavy atom. The first-order valence-electron chi connectivity index (χ1n) is 6.83. The maximum atomic E-state index is 12.2. The van der Waals surface area contributed by atoms with Gasteiger partial charge in [-0.25, -0.2) is 13.4 Å². The molecule has 0 aliphatic carbocycles. The number of benzene rings is 1. The summed E-state index contributed by atoms with van der Waals surface area (Å²) in [5.41, 5.74) is 4.07. The molecule has 0 amide bonds. The molecule has 2 aromatic rings. The fraction of sp³-hybridized carbons (Fsp3) is 0.188. The van der Waals surface area contributed by atoms with Crippen LogP contribution in [0.4, 0.5) is 5.82 Å². The molecule has 1 N–H and O–H groups in total. The first-order chi connectivity index (χ1) is 10.3. The average Bonchev–Trinajstić information content (AvgIpc) is 2.45. The molecule has 0 spiro atoms. The SMILES string of the molecule is C[Si](C)(C)C#Cc1ccc(S(=O)(=O)Nc2ccccn2)cc1. The van der Waals surface area contributed by atoms with E-state index in [2.05, 4.69) is 40.8 Å². The number of hydrogen-bond donors (Lipinski definition) is 1. The van der Waals surface area contributed by atoms with Crippen molar-refractivity contribution < 1.29 is 8.42 Å². The van der Waals surface area contributed by atoms with Crippen LogP contribution in [0.5, 0.6) is 0 Å². The first kappa shape index (κ1) is 16.3. The zero-order valence-electron chi connectivity index (χ0n) is 12.8. The van der Waals surface area contributed by atoms with Crippen molar-refractivity contribution in [2.24, 2.45) is 0 Å². The molecule has 114 valence electrons. The van der Waals surface area contributed by atoms with Gasteiger partial charge in [0, 0.05) is 11.8 Å². The lowest BCUT2D eigenvalue weighted by Gasteiger charge is -2.07. The minimum Gasteiger partial charge on any atom is -0.263 e. The molecule has 4 nitrogen and oxygen atoms in total. The molecule has 0 aliphatic rings. The van der Waals surface area contributed by atoms with Crippen LogP contribution in [0, 0.1) is 11.5 Å². The van der Waals surface area contributed by atoms with Crippen LogP contribution in [0.3, 0.4) is 0 Å². The summed E-state index contributed by atoms with van der Waals surface area (Å²) in [7, 11) is -5.07. The van der Waals surface area contributed by atoms with E-state index in [0.29, 0.717) is 5.82 Å². The maximum absolute atomic E-state index is 12.2. The van der Waals surface area contributed by atoms with E-state index in [9.17, 15) is 8.42 Å². The van der Waals surface area contributed by atoms with Crippen LogP contribution in [0.15, 0.2) is 53.6 Å². The summed E-state index contributed by atoms with van der Waals surface area (Å²) in [6, 6.07) is 11.6. The molecule has 0 bridgehead atoms. The molecule has 1 heterocycles. The molecule has 0 saturated heterocycles. The molecule has 0 fully saturated rings. The van der Waals surface area contributed by atoms with Crippen molar-refractivity contribution in [3.8, 4) is 11.5 Å². The molecule has 2 rings (SSSR count). The summed E-state index contributed by atoms with van der Waals surface area (Å²) in [5, 5.41) is 0. The summed E-state index contributed by atoms with van der Waals surface area (Å²) in [6.45, 7) is 6.49. The number of nitrogens with zero attached hydrogens (tertiary/aromatic N) is 1. The lowest BCUT2D eigenvalue weighted by Crippen LogP contribution is -2.16. The summed E-state index contributed by atoms with van der Waals surface area (Å²) in [4.78, 5) is 4.15. The minimum absolute atomic E-state index is 0.191. The number of nitrogens with one attached hydrogen (secondary N) is 1. The molecular formula is C16H18N2O2SSi. The Bertz CT molecular complexity index is 799. The van der Waals surface area contributed by atoms with E-state index in [1.807, 2.05) is 0 Å². The Morgan fingerprint density at radius 1 is 1.05 bits per heavy atom. The topological polar surface area (TPSA) is 59.1 Å². The summed E-state index contributed by atoms with van der Waals surface area (Å²) >= 11 is 0. The Labute approximate surface area is 132 Å².